The first-order valence-electron chi connectivity index (χ1n) is 5.02. The fourth-order valence-corrected chi connectivity index (χ4v) is 3.68. The monoisotopic (exact) mass is 311 g/mol. The molecule has 0 radical (unpaired) electrons. The average molecular weight is 312 g/mol. The molecule has 0 bridgehead atoms. The Morgan fingerprint density at radius 1 is 1.56 bits per heavy atom. The van der Waals surface area contributed by atoms with Crippen molar-refractivity contribution in [2.24, 2.45) is 5.41 Å². The summed E-state index contributed by atoms with van der Waals surface area (Å²) in [5, 5.41) is 2.48. The van der Waals surface area contributed by atoms with Crippen LogP contribution in [0.25, 0.3) is 0 Å². The maximum Gasteiger partial charge on any atom is 0.251 e. The van der Waals surface area contributed by atoms with E-state index in [0.717, 1.165) is 11.3 Å². The van der Waals surface area contributed by atoms with Crippen molar-refractivity contribution in [1.82, 2.24) is 15.0 Å². The Morgan fingerprint density at radius 3 is 2.61 bits per heavy atom. The molecule has 18 heavy (non-hydrogen) atoms. The van der Waals surface area contributed by atoms with Crippen LogP contribution in [0.4, 0.5) is 0 Å². The van der Waals surface area contributed by atoms with Crippen LogP contribution in [0.5, 0.6) is 0 Å². The maximum absolute atomic E-state index is 11.9. The van der Waals surface area contributed by atoms with Crippen molar-refractivity contribution in [2.45, 2.75) is 18.1 Å². The van der Waals surface area contributed by atoms with Crippen LogP contribution >= 0.6 is 22.9 Å². The highest BCUT2D eigenvalue weighted by Gasteiger charge is 2.29. The molecule has 0 fully saturated rings. The number of nitrogens with one attached hydrogen (secondary N) is 2. The fraction of sp³-hybridized carbons (Fsp3) is 0.556. The molecule has 1 amide bonds. The number of nitrogens with zero attached hydrogens (tertiary/aromatic N) is 1. The Morgan fingerprint density at radius 2 is 2.17 bits per heavy atom. The minimum absolute atomic E-state index is 0.00940. The summed E-state index contributed by atoms with van der Waals surface area (Å²) in [5.41, 5.74) is -0.837. The van der Waals surface area contributed by atoms with E-state index >= 15 is 0 Å². The summed E-state index contributed by atoms with van der Waals surface area (Å²) in [6.07, 6.45) is 1.18. The number of carbonyl (C=O) groups excluding carboxylic acids is 1. The zero-order valence-corrected chi connectivity index (χ0v) is 12.5. The molecule has 0 aliphatic heterocycles. The summed E-state index contributed by atoms with van der Waals surface area (Å²) >= 11 is 6.44. The summed E-state index contributed by atoms with van der Waals surface area (Å²) in [6, 6.07) is 0. The molecule has 0 unspecified atom stereocenters. The van der Waals surface area contributed by atoms with Gasteiger partial charge in [0.2, 0.25) is 5.91 Å². The number of carbonyl (C=O) groups is 1. The normalized spacial score (nSPS) is 12.4. The minimum Gasteiger partial charge on any atom is -0.359 e. The van der Waals surface area contributed by atoms with Crippen molar-refractivity contribution < 1.29 is 13.2 Å². The van der Waals surface area contributed by atoms with Crippen molar-refractivity contribution in [3.63, 3.8) is 0 Å². The van der Waals surface area contributed by atoms with Crippen LogP contribution in [0.15, 0.2) is 10.4 Å². The van der Waals surface area contributed by atoms with Gasteiger partial charge in [-0.05, 0) is 13.8 Å². The molecular weight excluding hydrogens is 298 g/mol. The summed E-state index contributed by atoms with van der Waals surface area (Å²) in [7, 11) is -2.17. The van der Waals surface area contributed by atoms with Crippen LogP contribution < -0.4 is 10.0 Å². The third-order valence-electron chi connectivity index (χ3n) is 2.27. The second-order valence-electron chi connectivity index (χ2n) is 4.22. The Hall–Kier alpha value is -0.700. The zero-order valence-electron chi connectivity index (χ0n) is 10.2. The van der Waals surface area contributed by atoms with Gasteiger partial charge in [0, 0.05) is 13.6 Å². The number of hydrogen-bond acceptors (Lipinski definition) is 5. The average Bonchev–Trinajstić information content (AvgIpc) is 2.73. The molecule has 2 N–H and O–H groups in total. The number of amides is 1. The maximum atomic E-state index is 11.9. The molecule has 102 valence electrons. The first-order valence-corrected chi connectivity index (χ1v) is 7.70. The molecule has 9 heteroatoms. The van der Waals surface area contributed by atoms with E-state index in [2.05, 4.69) is 15.0 Å². The van der Waals surface area contributed by atoms with Gasteiger partial charge >= 0.3 is 0 Å². The Balaban J connectivity index is 2.77. The van der Waals surface area contributed by atoms with Crippen LogP contribution in [0.2, 0.25) is 4.47 Å². The standard InChI is InChI=1S/C9H14ClN3O3S2/c1-9(2,7(14)11-3)5-13-18(15,16)6-4-12-8(10)17-6/h4,13H,5H2,1-3H3,(H,11,14). The van der Waals surface area contributed by atoms with Gasteiger partial charge in [0.1, 0.15) is 0 Å². The van der Waals surface area contributed by atoms with Crippen molar-refractivity contribution in [3.8, 4) is 0 Å². The highest BCUT2D eigenvalue weighted by molar-refractivity contribution is 7.91. The van der Waals surface area contributed by atoms with Crippen LogP contribution in [-0.2, 0) is 14.8 Å². The molecule has 0 aliphatic rings. The van der Waals surface area contributed by atoms with E-state index < -0.39 is 15.4 Å². The smallest absolute Gasteiger partial charge is 0.251 e. The highest BCUT2D eigenvalue weighted by atomic mass is 35.5. The number of halogens is 1. The highest BCUT2D eigenvalue weighted by Crippen LogP contribution is 2.23. The van der Waals surface area contributed by atoms with Gasteiger partial charge in [0.05, 0.1) is 11.6 Å². The number of sulfonamides is 1. The van der Waals surface area contributed by atoms with E-state index in [4.69, 9.17) is 11.6 Å². The zero-order chi connectivity index (χ0) is 14.0. The molecule has 0 saturated carbocycles. The van der Waals surface area contributed by atoms with Gasteiger partial charge in [0.25, 0.3) is 10.0 Å². The topological polar surface area (TPSA) is 88.2 Å². The molecule has 0 aliphatic carbocycles. The van der Waals surface area contributed by atoms with E-state index in [-0.39, 0.29) is 21.1 Å². The largest absolute Gasteiger partial charge is 0.359 e. The molecule has 0 saturated heterocycles. The first kappa shape index (κ1) is 15.4. The summed E-state index contributed by atoms with van der Waals surface area (Å²) in [4.78, 5) is 15.2. The second kappa shape index (κ2) is 5.52. The predicted octanol–water partition coefficient (Wildman–Crippen LogP) is 0.847. The third-order valence-corrected chi connectivity index (χ3v) is 5.24. The third kappa shape index (κ3) is 3.64. The molecule has 1 heterocycles. The van der Waals surface area contributed by atoms with Crippen LogP contribution in [0.1, 0.15) is 13.8 Å². The molecule has 0 atom stereocenters. The van der Waals surface area contributed by atoms with E-state index in [0.29, 0.717) is 0 Å². The van der Waals surface area contributed by atoms with Gasteiger partial charge in [-0.15, -0.1) is 0 Å². The van der Waals surface area contributed by atoms with Crippen molar-refractivity contribution in [3.05, 3.63) is 10.7 Å². The van der Waals surface area contributed by atoms with Gasteiger partial charge in [-0.25, -0.2) is 18.1 Å². The second-order valence-corrected chi connectivity index (χ2v) is 7.83. The summed E-state index contributed by atoms with van der Waals surface area (Å²) in [5.74, 6) is -0.243. The van der Waals surface area contributed by atoms with E-state index in [9.17, 15) is 13.2 Å². The quantitative estimate of drug-likeness (QED) is 0.843. The molecule has 0 aromatic carbocycles. The molecule has 1 aromatic heterocycles. The van der Waals surface area contributed by atoms with E-state index in [1.165, 1.54) is 13.2 Å². The Kier molecular flexibility index (Phi) is 4.71. The fourth-order valence-electron chi connectivity index (χ4n) is 1.13. The van der Waals surface area contributed by atoms with Gasteiger partial charge in [-0.2, -0.15) is 0 Å². The lowest BCUT2D eigenvalue weighted by molar-refractivity contribution is -0.128. The van der Waals surface area contributed by atoms with Gasteiger partial charge in [-0.3, -0.25) is 4.79 Å². The van der Waals surface area contributed by atoms with E-state index in [1.807, 2.05) is 0 Å². The lowest BCUT2D eigenvalue weighted by Crippen LogP contribution is -2.43. The van der Waals surface area contributed by atoms with Crippen LogP contribution in [0, 0.1) is 5.41 Å². The summed E-state index contributed by atoms with van der Waals surface area (Å²) in [6.45, 7) is 3.28. The van der Waals surface area contributed by atoms with Crippen molar-refractivity contribution in [1.29, 1.82) is 0 Å². The summed E-state index contributed by atoms with van der Waals surface area (Å²) < 4.78 is 26.3. The molecule has 6 nitrogen and oxygen atoms in total. The SMILES string of the molecule is CNC(=O)C(C)(C)CNS(=O)(=O)c1cnc(Cl)s1. The number of aromatic nitrogens is 1. The van der Waals surface area contributed by atoms with E-state index in [1.54, 1.807) is 13.8 Å². The van der Waals surface area contributed by atoms with Crippen LogP contribution in [0.3, 0.4) is 0 Å². The lowest BCUT2D eigenvalue weighted by atomic mass is 9.93. The Labute approximate surface area is 115 Å². The molecular formula is C9H14ClN3O3S2. The molecule has 0 spiro atoms. The first-order chi connectivity index (χ1) is 8.19. The Bertz CT molecular complexity index is 539. The number of thiazole rings is 1. The van der Waals surface area contributed by atoms with Crippen molar-refractivity contribution in [2.75, 3.05) is 13.6 Å². The van der Waals surface area contributed by atoms with Gasteiger partial charge in [0.15, 0.2) is 8.68 Å². The van der Waals surface area contributed by atoms with Gasteiger partial charge < -0.3 is 5.32 Å². The molecule has 1 rings (SSSR count). The minimum atomic E-state index is -3.67. The van der Waals surface area contributed by atoms with Gasteiger partial charge in [-0.1, -0.05) is 22.9 Å². The van der Waals surface area contributed by atoms with Crippen molar-refractivity contribution >= 4 is 38.9 Å². The predicted molar refractivity (Wildman–Crippen MR) is 70.2 cm³/mol. The lowest BCUT2D eigenvalue weighted by Gasteiger charge is -2.22. The number of rotatable bonds is 5. The van der Waals surface area contributed by atoms with Crippen LogP contribution in [-0.4, -0.2) is 32.9 Å². The molecule has 1 aromatic rings. The number of hydrogen-bond donors (Lipinski definition) is 2.